The Bertz CT molecular complexity index is 855. The highest BCUT2D eigenvalue weighted by Gasteiger charge is 2.10. The number of nitrogens with zero attached hydrogens (tertiary/aromatic N) is 1. The maximum absolute atomic E-state index is 11.3. The fourth-order valence-corrected chi connectivity index (χ4v) is 1.83. The SMILES string of the molecule is C=C(C)C(=O)Oc1ccc(N)cc1.C=C(C)C(=O)Oc1ccccc1N(C)C. The Morgan fingerprint density at radius 1 is 0.857 bits per heavy atom. The first kappa shape index (κ1) is 22.5. The molecular formula is C22H26N2O4. The quantitative estimate of drug-likeness (QED) is 0.364. The molecule has 2 aromatic rings. The van der Waals surface area contributed by atoms with Crippen LogP contribution in [0, 0.1) is 0 Å². The maximum Gasteiger partial charge on any atom is 0.338 e. The summed E-state index contributed by atoms with van der Waals surface area (Å²) in [6.45, 7) is 10.2. The van der Waals surface area contributed by atoms with E-state index < -0.39 is 11.9 Å². The molecule has 0 aromatic heterocycles. The molecule has 2 aromatic carbocycles. The van der Waals surface area contributed by atoms with Crippen molar-refractivity contribution in [2.45, 2.75) is 13.8 Å². The highest BCUT2D eigenvalue weighted by atomic mass is 16.5. The second kappa shape index (κ2) is 10.6. The van der Waals surface area contributed by atoms with Crippen LogP contribution in [0.3, 0.4) is 0 Å². The first-order chi connectivity index (χ1) is 13.1. The van der Waals surface area contributed by atoms with E-state index >= 15 is 0 Å². The number of carbonyl (C=O) groups excluding carboxylic acids is 2. The molecule has 0 bridgehead atoms. The molecule has 148 valence electrons. The van der Waals surface area contributed by atoms with Crippen molar-refractivity contribution in [1.82, 2.24) is 0 Å². The van der Waals surface area contributed by atoms with Crippen molar-refractivity contribution >= 4 is 23.3 Å². The van der Waals surface area contributed by atoms with Crippen molar-refractivity contribution in [3.8, 4) is 11.5 Å². The van der Waals surface area contributed by atoms with Crippen LogP contribution in [-0.4, -0.2) is 26.0 Å². The average molecular weight is 382 g/mol. The van der Waals surface area contributed by atoms with E-state index in [2.05, 4.69) is 13.2 Å². The van der Waals surface area contributed by atoms with Crippen molar-refractivity contribution in [1.29, 1.82) is 0 Å². The van der Waals surface area contributed by atoms with Gasteiger partial charge in [0.05, 0.1) is 5.69 Å². The Morgan fingerprint density at radius 3 is 1.86 bits per heavy atom. The maximum atomic E-state index is 11.3. The lowest BCUT2D eigenvalue weighted by atomic mass is 10.2. The van der Waals surface area contributed by atoms with Gasteiger partial charge in [-0.3, -0.25) is 0 Å². The van der Waals surface area contributed by atoms with Gasteiger partial charge >= 0.3 is 11.9 Å². The zero-order valence-electron chi connectivity index (χ0n) is 16.7. The van der Waals surface area contributed by atoms with Gasteiger partial charge in [0.25, 0.3) is 0 Å². The lowest BCUT2D eigenvalue weighted by molar-refractivity contribution is -0.130. The Morgan fingerprint density at radius 2 is 1.36 bits per heavy atom. The molecule has 0 fully saturated rings. The molecule has 0 amide bonds. The van der Waals surface area contributed by atoms with E-state index in [-0.39, 0.29) is 0 Å². The third-order valence-electron chi connectivity index (χ3n) is 3.34. The van der Waals surface area contributed by atoms with E-state index in [9.17, 15) is 9.59 Å². The topological polar surface area (TPSA) is 81.9 Å². The molecule has 0 saturated heterocycles. The minimum Gasteiger partial charge on any atom is -0.423 e. The number of hydrogen-bond donors (Lipinski definition) is 1. The van der Waals surface area contributed by atoms with Crippen LogP contribution in [0.1, 0.15) is 13.8 Å². The first-order valence-corrected chi connectivity index (χ1v) is 8.49. The molecule has 0 radical (unpaired) electrons. The van der Waals surface area contributed by atoms with Gasteiger partial charge in [-0.2, -0.15) is 0 Å². The Labute approximate surface area is 165 Å². The molecule has 0 spiro atoms. The lowest BCUT2D eigenvalue weighted by Gasteiger charge is -2.16. The smallest absolute Gasteiger partial charge is 0.338 e. The summed E-state index contributed by atoms with van der Waals surface area (Å²) in [6, 6.07) is 14.0. The highest BCUT2D eigenvalue weighted by molar-refractivity contribution is 5.89. The molecule has 6 heteroatoms. The summed E-state index contributed by atoms with van der Waals surface area (Å²) in [7, 11) is 3.79. The van der Waals surface area contributed by atoms with E-state index in [0.717, 1.165) is 5.69 Å². The summed E-state index contributed by atoms with van der Waals surface area (Å²) >= 11 is 0. The fraction of sp³-hybridized carbons (Fsp3) is 0.182. The summed E-state index contributed by atoms with van der Waals surface area (Å²) in [5.41, 5.74) is 7.73. The monoisotopic (exact) mass is 382 g/mol. The Balaban J connectivity index is 0.000000283. The van der Waals surface area contributed by atoms with E-state index in [1.165, 1.54) is 0 Å². The normalized spacial score (nSPS) is 9.43. The number of nitrogen functional groups attached to an aromatic ring is 1. The second-order valence-electron chi connectivity index (χ2n) is 6.27. The van der Waals surface area contributed by atoms with Crippen LogP contribution in [-0.2, 0) is 9.59 Å². The molecule has 2 N–H and O–H groups in total. The number of benzene rings is 2. The number of hydrogen-bond acceptors (Lipinski definition) is 6. The predicted octanol–water partition coefficient (Wildman–Crippen LogP) is 3.98. The molecular weight excluding hydrogens is 356 g/mol. The molecule has 6 nitrogen and oxygen atoms in total. The van der Waals surface area contributed by atoms with E-state index in [1.54, 1.807) is 44.2 Å². The zero-order valence-corrected chi connectivity index (χ0v) is 16.7. The largest absolute Gasteiger partial charge is 0.423 e. The molecule has 0 heterocycles. The van der Waals surface area contributed by atoms with Crippen LogP contribution >= 0.6 is 0 Å². The van der Waals surface area contributed by atoms with Gasteiger partial charge in [0, 0.05) is 30.9 Å². The van der Waals surface area contributed by atoms with Crippen LogP contribution in [0.4, 0.5) is 11.4 Å². The Hall–Kier alpha value is -3.54. The van der Waals surface area contributed by atoms with Gasteiger partial charge in [0.1, 0.15) is 5.75 Å². The van der Waals surface area contributed by atoms with Crippen LogP contribution < -0.4 is 20.1 Å². The fourth-order valence-electron chi connectivity index (χ4n) is 1.83. The van der Waals surface area contributed by atoms with Gasteiger partial charge in [-0.05, 0) is 50.2 Å². The molecule has 28 heavy (non-hydrogen) atoms. The average Bonchev–Trinajstić information content (AvgIpc) is 2.64. The van der Waals surface area contributed by atoms with Gasteiger partial charge in [0.2, 0.25) is 0 Å². The van der Waals surface area contributed by atoms with Crippen molar-refractivity contribution in [3.63, 3.8) is 0 Å². The second-order valence-corrected chi connectivity index (χ2v) is 6.27. The van der Waals surface area contributed by atoms with Crippen LogP contribution in [0.2, 0.25) is 0 Å². The number of esters is 2. The number of ether oxygens (including phenoxy) is 2. The molecule has 0 saturated carbocycles. The number of carbonyl (C=O) groups is 2. The van der Waals surface area contributed by atoms with Crippen LogP contribution in [0.5, 0.6) is 11.5 Å². The van der Waals surface area contributed by atoms with Crippen LogP contribution in [0.25, 0.3) is 0 Å². The van der Waals surface area contributed by atoms with E-state index in [0.29, 0.717) is 28.3 Å². The minimum atomic E-state index is -0.426. The molecule has 0 atom stereocenters. The summed E-state index contributed by atoms with van der Waals surface area (Å²) < 4.78 is 10.1. The number of nitrogens with two attached hydrogens (primary N) is 1. The van der Waals surface area contributed by atoms with Crippen LogP contribution in [0.15, 0.2) is 72.8 Å². The van der Waals surface area contributed by atoms with Crippen molar-refractivity contribution in [2.24, 2.45) is 0 Å². The molecule has 0 aliphatic rings. The molecule has 0 aliphatic carbocycles. The number of anilines is 2. The third-order valence-corrected chi connectivity index (χ3v) is 3.34. The van der Waals surface area contributed by atoms with Crippen molar-refractivity contribution < 1.29 is 19.1 Å². The standard InChI is InChI=1S/C12H15NO2.C10H11NO2/c1-9(2)12(14)15-11-8-6-5-7-10(11)13(3)4;1-7(2)10(12)13-9-5-3-8(11)4-6-9/h5-8H,1H2,2-4H3;3-6H,1,11H2,2H3. The van der Waals surface area contributed by atoms with E-state index in [4.69, 9.17) is 15.2 Å². The van der Waals surface area contributed by atoms with Crippen molar-refractivity contribution in [2.75, 3.05) is 24.7 Å². The predicted molar refractivity (Wildman–Crippen MR) is 113 cm³/mol. The number of rotatable bonds is 5. The summed E-state index contributed by atoms with van der Waals surface area (Å²) in [4.78, 5) is 24.3. The van der Waals surface area contributed by atoms with Gasteiger partial charge in [-0.1, -0.05) is 25.3 Å². The van der Waals surface area contributed by atoms with Crippen molar-refractivity contribution in [3.05, 3.63) is 72.8 Å². The number of para-hydroxylation sites is 2. The lowest BCUT2D eigenvalue weighted by Crippen LogP contribution is -2.14. The Kier molecular flexibility index (Phi) is 8.49. The molecule has 0 aliphatic heterocycles. The van der Waals surface area contributed by atoms with Gasteiger partial charge in [-0.25, -0.2) is 9.59 Å². The summed E-state index contributed by atoms with van der Waals surface area (Å²) in [6.07, 6.45) is 0. The highest BCUT2D eigenvalue weighted by Crippen LogP contribution is 2.26. The van der Waals surface area contributed by atoms with Gasteiger partial charge in [0.15, 0.2) is 5.75 Å². The molecule has 0 unspecified atom stereocenters. The van der Waals surface area contributed by atoms with Gasteiger partial charge < -0.3 is 20.1 Å². The zero-order chi connectivity index (χ0) is 21.3. The minimum absolute atomic E-state index is 0.372. The van der Waals surface area contributed by atoms with E-state index in [1.807, 2.05) is 37.2 Å². The summed E-state index contributed by atoms with van der Waals surface area (Å²) in [5.74, 6) is 0.201. The third kappa shape index (κ3) is 7.37. The van der Waals surface area contributed by atoms with Gasteiger partial charge in [-0.15, -0.1) is 0 Å². The summed E-state index contributed by atoms with van der Waals surface area (Å²) in [5, 5.41) is 0. The first-order valence-electron chi connectivity index (χ1n) is 8.49. The molecule has 2 rings (SSSR count).